The lowest BCUT2D eigenvalue weighted by Gasteiger charge is -1.95. The van der Waals surface area contributed by atoms with Crippen LogP contribution >= 0.6 is 12.2 Å². The van der Waals surface area contributed by atoms with Crippen LogP contribution in [-0.4, -0.2) is 9.85 Å². The molecule has 0 amide bonds. The zero-order valence-electron chi connectivity index (χ0n) is 6.09. The fraction of sp³-hybridized carbons (Fsp3) is 0.250. The van der Waals surface area contributed by atoms with Crippen molar-refractivity contribution < 1.29 is 0 Å². The van der Waals surface area contributed by atoms with Gasteiger partial charge in [-0.1, -0.05) is 18.3 Å². The Hall–Kier alpha value is -0.760. The molecule has 1 aromatic heterocycles. The first-order valence-electron chi connectivity index (χ1n) is 3.14. The van der Waals surface area contributed by atoms with Crippen LogP contribution in [0.2, 0.25) is 0 Å². The number of aryl methyl sites for hydroxylation is 1. The lowest BCUT2D eigenvalue weighted by atomic mass is 10.2. The molecule has 0 bridgehead atoms. The molecular formula is C8H9NS. The van der Waals surface area contributed by atoms with Gasteiger partial charge in [0.1, 0.15) is 0 Å². The monoisotopic (exact) mass is 151 g/mol. The first-order chi connectivity index (χ1) is 4.70. The van der Waals surface area contributed by atoms with Crippen molar-refractivity contribution in [3.8, 4) is 0 Å². The summed E-state index contributed by atoms with van der Waals surface area (Å²) in [6.07, 6.45) is 1.82. The number of hydrogen-bond donors (Lipinski definition) is 0. The normalized spacial score (nSPS) is 9.40. The second-order valence-electron chi connectivity index (χ2n) is 2.28. The van der Waals surface area contributed by atoms with Crippen LogP contribution in [0.25, 0.3) is 0 Å². The van der Waals surface area contributed by atoms with Crippen LogP contribution in [0.3, 0.4) is 0 Å². The van der Waals surface area contributed by atoms with E-state index in [9.17, 15) is 0 Å². The summed E-state index contributed by atoms with van der Waals surface area (Å²) in [6.45, 7) is 3.89. The van der Waals surface area contributed by atoms with E-state index in [2.05, 4.69) is 4.98 Å². The fourth-order valence-electron chi connectivity index (χ4n) is 0.676. The summed E-state index contributed by atoms with van der Waals surface area (Å²) < 4.78 is 0. The maximum atomic E-state index is 4.94. The van der Waals surface area contributed by atoms with E-state index in [-0.39, 0.29) is 0 Å². The molecular weight excluding hydrogens is 142 g/mol. The van der Waals surface area contributed by atoms with Crippen LogP contribution in [0.5, 0.6) is 0 Å². The van der Waals surface area contributed by atoms with E-state index in [1.165, 1.54) is 5.56 Å². The predicted octanol–water partition coefficient (Wildman–Crippen LogP) is 2.13. The quantitative estimate of drug-likeness (QED) is 0.450. The minimum Gasteiger partial charge on any atom is -0.255 e. The molecule has 0 aliphatic rings. The highest BCUT2D eigenvalue weighted by atomic mass is 32.1. The van der Waals surface area contributed by atoms with Gasteiger partial charge < -0.3 is 0 Å². The summed E-state index contributed by atoms with van der Waals surface area (Å²) >= 11 is 4.94. The summed E-state index contributed by atoms with van der Waals surface area (Å²) in [6, 6.07) is 3.95. The number of aromatic nitrogens is 1. The summed E-state index contributed by atoms with van der Waals surface area (Å²) in [4.78, 5) is 4.98. The summed E-state index contributed by atoms with van der Waals surface area (Å²) in [5.74, 6) is 0. The molecule has 1 rings (SSSR count). The van der Waals surface area contributed by atoms with Gasteiger partial charge in [-0.2, -0.15) is 0 Å². The van der Waals surface area contributed by atoms with Crippen LogP contribution in [-0.2, 0) is 0 Å². The second-order valence-corrected chi connectivity index (χ2v) is 2.89. The highest BCUT2D eigenvalue weighted by molar-refractivity contribution is 7.80. The third-order valence-corrected chi connectivity index (χ3v) is 1.48. The minimum absolute atomic E-state index is 0.847. The fourth-order valence-corrected chi connectivity index (χ4v) is 0.797. The summed E-state index contributed by atoms with van der Waals surface area (Å²) in [5.41, 5.74) is 2.07. The van der Waals surface area contributed by atoms with E-state index in [4.69, 9.17) is 12.2 Å². The van der Waals surface area contributed by atoms with Crippen LogP contribution in [0.4, 0.5) is 0 Å². The molecule has 1 aromatic rings. The molecule has 1 nitrogen and oxygen atoms in total. The molecule has 0 N–H and O–H groups in total. The van der Waals surface area contributed by atoms with Gasteiger partial charge >= 0.3 is 0 Å². The molecule has 0 unspecified atom stereocenters. The van der Waals surface area contributed by atoms with Gasteiger partial charge in [0.25, 0.3) is 0 Å². The van der Waals surface area contributed by atoms with E-state index in [1.54, 1.807) is 0 Å². The van der Waals surface area contributed by atoms with Crippen molar-refractivity contribution in [2.24, 2.45) is 0 Å². The Labute approximate surface area is 66.1 Å². The molecule has 0 spiro atoms. The Morgan fingerprint density at radius 3 is 2.60 bits per heavy atom. The van der Waals surface area contributed by atoms with Gasteiger partial charge in [0, 0.05) is 11.1 Å². The van der Waals surface area contributed by atoms with E-state index < -0.39 is 0 Å². The first-order valence-corrected chi connectivity index (χ1v) is 3.54. The van der Waals surface area contributed by atoms with Gasteiger partial charge in [-0.05, 0) is 25.5 Å². The average Bonchev–Trinajstić information content (AvgIpc) is 1.88. The summed E-state index contributed by atoms with van der Waals surface area (Å²) in [7, 11) is 0. The Balaban J connectivity index is 3.00. The van der Waals surface area contributed by atoms with Crippen molar-refractivity contribution in [3.63, 3.8) is 0 Å². The van der Waals surface area contributed by atoms with E-state index in [0.717, 1.165) is 10.6 Å². The van der Waals surface area contributed by atoms with Gasteiger partial charge in [0.2, 0.25) is 0 Å². The van der Waals surface area contributed by atoms with Crippen molar-refractivity contribution in [2.75, 3.05) is 0 Å². The van der Waals surface area contributed by atoms with Crippen LogP contribution in [0.1, 0.15) is 18.2 Å². The number of nitrogens with zero attached hydrogens (tertiary/aromatic N) is 1. The molecule has 0 aliphatic heterocycles. The smallest absolute Gasteiger partial charge is 0.0766 e. The molecule has 1 heterocycles. The minimum atomic E-state index is 0.847. The van der Waals surface area contributed by atoms with Gasteiger partial charge in [-0.15, -0.1) is 0 Å². The molecule has 0 saturated carbocycles. The zero-order chi connectivity index (χ0) is 7.56. The SMILES string of the molecule is CC(=S)c1ccc(C)cn1. The third kappa shape index (κ3) is 1.61. The number of hydrogen-bond acceptors (Lipinski definition) is 2. The van der Waals surface area contributed by atoms with Crippen LogP contribution in [0, 0.1) is 6.92 Å². The van der Waals surface area contributed by atoms with E-state index >= 15 is 0 Å². The Morgan fingerprint density at radius 1 is 1.50 bits per heavy atom. The largest absolute Gasteiger partial charge is 0.255 e. The molecule has 0 atom stereocenters. The predicted molar refractivity (Wildman–Crippen MR) is 46.3 cm³/mol. The molecule has 10 heavy (non-hydrogen) atoms. The standard InChI is InChI=1S/C8H9NS/c1-6-3-4-8(7(2)10)9-5-6/h3-5H,1-2H3. The molecule has 0 saturated heterocycles. The van der Waals surface area contributed by atoms with E-state index in [0.29, 0.717) is 0 Å². The highest BCUT2D eigenvalue weighted by Crippen LogP contribution is 1.99. The second kappa shape index (κ2) is 2.88. The van der Waals surface area contributed by atoms with Crippen LogP contribution in [0.15, 0.2) is 18.3 Å². The Kier molecular flexibility index (Phi) is 2.12. The van der Waals surface area contributed by atoms with Gasteiger partial charge in [-0.25, -0.2) is 0 Å². The van der Waals surface area contributed by atoms with Crippen molar-refractivity contribution in [2.45, 2.75) is 13.8 Å². The highest BCUT2D eigenvalue weighted by Gasteiger charge is 1.93. The maximum Gasteiger partial charge on any atom is 0.0766 e. The van der Waals surface area contributed by atoms with Crippen molar-refractivity contribution in [3.05, 3.63) is 29.6 Å². The summed E-state index contributed by atoms with van der Waals surface area (Å²) in [5, 5.41) is 0. The third-order valence-electron chi connectivity index (χ3n) is 1.27. The maximum absolute atomic E-state index is 4.94. The molecule has 0 radical (unpaired) electrons. The lowest BCUT2D eigenvalue weighted by molar-refractivity contribution is 1.25. The molecule has 0 fully saturated rings. The average molecular weight is 151 g/mol. The van der Waals surface area contributed by atoms with Gasteiger partial charge in [0.15, 0.2) is 0 Å². The van der Waals surface area contributed by atoms with E-state index in [1.807, 2.05) is 32.2 Å². The first kappa shape index (κ1) is 7.35. The molecule has 0 aliphatic carbocycles. The topological polar surface area (TPSA) is 12.9 Å². The van der Waals surface area contributed by atoms with Gasteiger partial charge in [0.05, 0.1) is 5.69 Å². The van der Waals surface area contributed by atoms with Crippen LogP contribution < -0.4 is 0 Å². The van der Waals surface area contributed by atoms with Crippen molar-refractivity contribution in [1.82, 2.24) is 4.98 Å². The van der Waals surface area contributed by atoms with Gasteiger partial charge in [-0.3, -0.25) is 4.98 Å². The number of pyridine rings is 1. The lowest BCUT2D eigenvalue weighted by Crippen LogP contribution is -1.93. The molecule has 0 aromatic carbocycles. The number of rotatable bonds is 1. The van der Waals surface area contributed by atoms with Crippen molar-refractivity contribution in [1.29, 1.82) is 0 Å². The molecule has 2 heteroatoms. The zero-order valence-corrected chi connectivity index (χ0v) is 6.90. The van der Waals surface area contributed by atoms with Crippen molar-refractivity contribution >= 4 is 17.1 Å². The number of thiocarbonyl (C=S) groups is 1. The Morgan fingerprint density at radius 2 is 2.20 bits per heavy atom. The Bertz CT molecular complexity index is 238. The molecule has 52 valence electrons.